The van der Waals surface area contributed by atoms with Gasteiger partial charge in [-0.3, -0.25) is 4.98 Å². The Kier molecular flexibility index (Phi) is 18.0. The van der Waals surface area contributed by atoms with Crippen LogP contribution >= 0.6 is 0 Å². The van der Waals surface area contributed by atoms with Gasteiger partial charge in [0.25, 0.3) is 0 Å². The molecular formula is C78H69CoN4-. The Hall–Kier alpha value is -9.13. The van der Waals surface area contributed by atoms with E-state index in [1.165, 1.54) is 33.4 Å². The molecule has 0 saturated heterocycles. The van der Waals surface area contributed by atoms with Crippen LogP contribution < -0.4 is 4.98 Å². The summed E-state index contributed by atoms with van der Waals surface area (Å²) in [6.07, 6.45) is 8.07. The predicted molar refractivity (Wildman–Crippen MR) is 347 cm³/mol. The molecule has 0 amide bonds. The second kappa shape index (κ2) is 26.2. The van der Waals surface area contributed by atoms with Crippen molar-refractivity contribution in [2.75, 3.05) is 0 Å². The molecule has 0 spiro atoms. The molecule has 4 nitrogen and oxygen atoms in total. The molecule has 83 heavy (non-hydrogen) atoms. The number of nitrogens with zero attached hydrogens (tertiary/aromatic N) is 4. The van der Waals surface area contributed by atoms with Gasteiger partial charge in [0, 0.05) is 18.0 Å². The zero-order chi connectivity index (χ0) is 57.9. The van der Waals surface area contributed by atoms with Crippen LogP contribution in [0.3, 0.4) is 0 Å². The standard InChI is InChI=1S/C66H49N2.C9H13N.C3H7N.Co/c1-44-38-45(2)63(46(3)39-44)66(61-36-34-59(67-61)64-55(49-26-14-6-15-27-49)40-53(47-22-10-4-11-23-47)41-56(64)50-28-16-7-17-29-50)62-37-35-60(68-62)65-57(51-30-18-8-19-31-51)42-54(48-24-12-5-13-25-48)43-58(65)52-32-20-9-21-33-52;1-9(2,3)8-4-6-10-7-5-8;1-3(2)4;/h4-43H,1-3H3;4-7H,1-3H3;3H,1-2H3;/q-1;;;/b66-61+;;;. The molecule has 1 aliphatic heterocycles. The van der Waals surface area contributed by atoms with Crippen molar-refractivity contribution in [2.24, 2.45) is 8.99 Å². The van der Waals surface area contributed by atoms with E-state index in [2.05, 4.69) is 321 Å². The van der Waals surface area contributed by atoms with Gasteiger partial charge in [0.15, 0.2) is 0 Å². The van der Waals surface area contributed by atoms with Crippen molar-refractivity contribution in [3.63, 3.8) is 0 Å². The average molecular weight is 1120 g/mol. The maximum atomic E-state index is 5.69. The first-order chi connectivity index (χ1) is 40.3. The molecule has 3 heterocycles. The monoisotopic (exact) mass is 1120 g/mol. The van der Waals surface area contributed by atoms with Crippen molar-refractivity contribution >= 4 is 11.3 Å². The summed E-state index contributed by atoms with van der Waals surface area (Å²) in [5.41, 5.74) is 26.9. The summed E-state index contributed by atoms with van der Waals surface area (Å²) >= 11 is 3.68. The number of aryl methyl sites for hydroxylation is 3. The van der Waals surface area contributed by atoms with Crippen molar-refractivity contribution in [1.82, 2.24) is 9.97 Å². The molecule has 9 aromatic carbocycles. The van der Waals surface area contributed by atoms with Gasteiger partial charge in [-0.15, -0.1) is 11.4 Å². The third-order valence-corrected chi connectivity index (χ3v) is 15.3. The molecule has 5 heteroatoms. The Morgan fingerprint density at radius 3 is 1.18 bits per heavy atom. The molecule has 0 unspecified atom stereocenters. The van der Waals surface area contributed by atoms with Crippen molar-refractivity contribution in [3.8, 4) is 78.0 Å². The largest absolute Gasteiger partial charge is 0.657 e. The van der Waals surface area contributed by atoms with E-state index < -0.39 is 0 Å². The Bertz CT molecular complexity index is 3940. The summed E-state index contributed by atoms with van der Waals surface area (Å²) in [7, 11) is 0. The predicted octanol–water partition coefficient (Wildman–Crippen LogP) is 20.6. The molecular weight excluding hydrogens is 1050 g/mol. The fourth-order valence-electron chi connectivity index (χ4n) is 10.9. The first-order valence-corrected chi connectivity index (χ1v) is 28.9. The number of hydrogen-bond donors (Lipinski definition) is 0. The van der Waals surface area contributed by atoms with Gasteiger partial charge in [-0.2, -0.15) is 0 Å². The molecule has 411 valence electrons. The van der Waals surface area contributed by atoms with E-state index in [0.29, 0.717) is 6.04 Å². The molecule has 0 aliphatic carbocycles. The van der Waals surface area contributed by atoms with Gasteiger partial charge < -0.3 is 4.98 Å². The SMILES string of the molecule is CC(C)(C)c1ccncc1.CC(C)[N]=[Co].Cc1cc(C)c(/C(=C2\C=CC(c3c(-c4ccccc4)cc(-c4ccccc4)cc3-c3ccccc3)=N2)c2ccc(-c3c(-c4ccccc4)cc(-c4ccccc4)cc3-c3ccccc3)[n-]2)c(C)c1. The third-order valence-electron chi connectivity index (χ3n) is 14.8. The van der Waals surface area contributed by atoms with Crippen LogP contribution in [0.25, 0.3) is 83.6 Å². The van der Waals surface area contributed by atoms with E-state index in [1.807, 2.05) is 26.2 Å². The second-order valence-corrected chi connectivity index (χ2v) is 22.6. The minimum atomic E-state index is 0.253. The molecule has 0 N–H and O–H groups in total. The molecule has 0 atom stereocenters. The maximum Gasteiger partial charge on any atom is 0.0722 e. The van der Waals surface area contributed by atoms with Crippen molar-refractivity contribution < 1.29 is 15.5 Å². The van der Waals surface area contributed by atoms with Gasteiger partial charge in [-0.25, -0.2) is 4.99 Å². The van der Waals surface area contributed by atoms with E-state index in [4.69, 9.17) is 9.98 Å². The summed E-state index contributed by atoms with van der Waals surface area (Å²) in [5.74, 6) is 0. The van der Waals surface area contributed by atoms with Crippen LogP contribution in [-0.4, -0.2) is 16.7 Å². The quantitative estimate of drug-likeness (QED) is 0.130. The number of aliphatic imine (C=N–C) groups is 1. The Labute approximate surface area is 499 Å². The Morgan fingerprint density at radius 2 is 0.819 bits per heavy atom. The van der Waals surface area contributed by atoms with Crippen LogP contribution in [0.2, 0.25) is 0 Å². The van der Waals surface area contributed by atoms with E-state index in [1.54, 1.807) is 0 Å². The van der Waals surface area contributed by atoms with E-state index in [-0.39, 0.29) is 5.41 Å². The van der Waals surface area contributed by atoms with Crippen LogP contribution in [-0.2, 0) is 21.0 Å². The van der Waals surface area contributed by atoms with E-state index in [9.17, 15) is 0 Å². The van der Waals surface area contributed by atoms with Crippen LogP contribution in [0.1, 0.15) is 73.7 Å². The molecule has 12 rings (SSSR count). The molecule has 11 aromatic rings. The summed E-state index contributed by atoms with van der Waals surface area (Å²) < 4.78 is 3.58. The molecule has 0 radical (unpaired) electrons. The summed E-state index contributed by atoms with van der Waals surface area (Å²) in [6, 6.07) is 87.1. The number of rotatable bonds is 11. The van der Waals surface area contributed by atoms with Gasteiger partial charge in [-0.1, -0.05) is 233 Å². The van der Waals surface area contributed by atoms with Crippen LogP contribution in [0, 0.1) is 20.8 Å². The molecule has 0 bridgehead atoms. The minimum absolute atomic E-state index is 0.253. The number of pyridine rings is 1. The average Bonchev–Trinajstić information content (AvgIpc) is 4.45. The normalized spacial score (nSPS) is 12.4. The van der Waals surface area contributed by atoms with Crippen molar-refractivity contribution in [1.29, 1.82) is 0 Å². The zero-order valence-corrected chi connectivity index (χ0v) is 49.6. The molecule has 1 aliphatic rings. The first-order valence-electron chi connectivity index (χ1n) is 28.5. The van der Waals surface area contributed by atoms with Crippen LogP contribution in [0.15, 0.2) is 282 Å². The first kappa shape index (κ1) is 57.1. The number of hydrogen-bond acceptors (Lipinski definition) is 3. The van der Waals surface area contributed by atoms with Gasteiger partial charge in [0.05, 0.1) is 11.4 Å². The number of aromatic nitrogens is 2. The van der Waals surface area contributed by atoms with Crippen LogP contribution in [0.5, 0.6) is 0 Å². The van der Waals surface area contributed by atoms with E-state index in [0.717, 1.165) is 101 Å². The molecule has 0 saturated carbocycles. The number of benzene rings is 9. The summed E-state index contributed by atoms with van der Waals surface area (Å²) in [4.78, 5) is 15.3. The maximum absolute atomic E-state index is 5.69. The Morgan fingerprint density at radius 1 is 0.446 bits per heavy atom. The van der Waals surface area contributed by atoms with Crippen LogP contribution in [0.4, 0.5) is 0 Å². The summed E-state index contributed by atoms with van der Waals surface area (Å²) in [6.45, 7) is 17.2. The van der Waals surface area contributed by atoms with Gasteiger partial charge in [-0.05, 0) is 175 Å². The van der Waals surface area contributed by atoms with Gasteiger partial charge >= 0.3 is 39.4 Å². The Balaban J connectivity index is 0.000000451. The van der Waals surface area contributed by atoms with E-state index >= 15 is 0 Å². The molecule has 2 aromatic heterocycles. The zero-order valence-electron chi connectivity index (χ0n) is 48.6. The van der Waals surface area contributed by atoms with Gasteiger partial charge in [0.2, 0.25) is 0 Å². The third kappa shape index (κ3) is 13.5. The smallest absolute Gasteiger partial charge is 0.0722 e. The van der Waals surface area contributed by atoms with Gasteiger partial charge in [0.1, 0.15) is 0 Å². The summed E-state index contributed by atoms with van der Waals surface area (Å²) in [5, 5.41) is 0. The number of allylic oxidation sites excluding steroid dienone is 2. The van der Waals surface area contributed by atoms with Crippen molar-refractivity contribution in [3.05, 3.63) is 312 Å². The minimum Gasteiger partial charge on any atom is -0.657 e. The van der Waals surface area contributed by atoms with Crippen molar-refractivity contribution in [2.45, 2.75) is 66.8 Å². The topological polar surface area (TPSA) is 51.7 Å². The second-order valence-electron chi connectivity index (χ2n) is 22.3. The fourth-order valence-corrected chi connectivity index (χ4v) is 10.9. The molecule has 0 fully saturated rings. The fraction of sp³-hybridized carbons (Fsp3) is 0.128.